The number of rotatable bonds is 4. The van der Waals surface area contributed by atoms with Crippen molar-refractivity contribution in [1.29, 1.82) is 0 Å². The number of hydrogen-bond donors (Lipinski definition) is 4. The van der Waals surface area contributed by atoms with E-state index in [4.69, 9.17) is 10.7 Å². The zero-order valence-electron chi connectivity index (χ0n) is 29.5. The number of halogens is 2. The van der Waals surface area contributed by atoms with E-state index in [0.717, 1.165) is 47.5 Å². The number of pyridine rings is 1. The largest absolute Gasteiger partial charge is 0.481 e. The van der Waals surface area contributed by atoms with Crippen molar-refractivity contribution in [3.05, 3.63) is 88.9 Å². The molecule has 2 bridgehead atoms. The van der Waals surface area contributed by atoms with Gasteiger partial charge in [0, 0.05) is 35.1 Å². The van der Waals surface area contributed by atoms with Crippen molar-refractivity contribution in [3.63, 3.8) is 0 Å². The Balaban J connectivity index is 0.00000276. The van der Waals surface area contributed by atoms with Gasteiger partial charge in [0.1, 0.15) is 11.5 Å². The van der Waals surface area contributed by atoms with Crippen molar-refractivity contribution in [2.45, 2.75) is 75.0 Å². The summed E-state index contributed by atoms with van der Waals surface area (Å²) < 4.78 is 31.0. The third-order valence-electron chi connectivity index (χ3n) is 9.19. The maximum Gasteiger partial charge on any atom is 0.306 e. The molecule has 12 heteroatoms. The molecule has 0 amide bonds. The third kappa shape index (κ3) is 9.11. The van der Waals surface area contributed by atoms with Gasteiger partial charge in [-0.15, -0.1) is 0 Å². The molecule has 7 nitrogen and oxygen atoms in total. The van der Waals surface area contributed by atoms with Crippen molar-refractivity contribution in [3.8, 4) is 0 Å². The number of nitrogens with two attached hydrogens (primary N) is 1. The van der Waals surface area contributed by atoms with Crippen LogP contribution in [0.3, 0.4) is 0 Å². The smallest absolute Gasteiger partial charge is 0.306 e. The molecule has 5 rings (SSSR count). The number of aryl methyl sites for hydroxylation is 1. The van der Waals surface area contributed by atoms with E-state index in [0.29, 0.717) is 40.5 Å². The number of amidine groups is 2. The van der Waals surface area contributed by atoms with Crippen LogP contribution in [0.15, 0.2) is 74.6 Å². The molecule has 2 aromatic carbocycles. The van der Waals surface area contributed by atoms with Gasteiger partial charge in [0.05, 0.1) is 16.3 Å². The van der Waals surface area contributed by atoms with Gasteiger partial charge in [0.2, 0.25) is 0 Å². The second-order valence-corrected chi connectivity index (χ2v) is 15.7. The predicted octanol–water partition coefficient (Wildman–Crippen LogP) is 8.98. The Kier molecular flexibility index (Phi) is 13.6. The first-order valence-electron chi connectivity index (χ1n) is 16.6. The van der Waals surface area contributed by atoms with E-state index >= 15 is 8.78 Å². The van der Waals surface area contributed by atoms with Gasteiger partial charge >= 0.3 is 5.97 Å². The van der Waals surface area contributed by atoms with Gasteiger partial charge in [0.15, 0.2) is 17.5 Å². The maximum absolute atomic E-state index is 15.7. The number of fused-ring (bicyclic) bond motifs is 5. The quantitative estimate of drug-likeness (QED) is 0.155. The lowest BCUT2D eigenvalue weighted by molar-refractivity contribution is -0.141. The number of thiol groups is 1. The molecule has 0 radical (unpaired) electrons. The number of thioether (sulfide) groups is 1. The van der Waals surface area contributed by atoms with Crippen LogP contribution in [0, 0.1) is 23.0 Å². The molecule has 4 N–H and O–H groups in total. The van der Waals surface area contributed by atoms with Crippen LogP contribution in [-0.4, -0.2) is 57.5 Å². The summed E-state index contributed by atoms with van der Waals surface area (Å²) >= 11 is 6.52. The number of carboxylic acid groups (broad SMARTS) is 1. The lowest BCUT2D eigenvalue weighted by atomic mass is 9.74. The lowest BCUT2D eigenvalue weighted by Gasteiger charge is -2.32. The van der Waals surface area contributed by atoms with Crippen molar-refractivity contribution < 1.29 is 18.7 Å². The fraction of sp³-hybridized carbons (Fsp3) is 0.421. The van der Waals surface area contributed by atoms with E-state index in [1.54, 1.807) is 44.8 Å². The van der Waals surface area contributed by atoms with E-state index in [1.165, 1.54) is 11.8 Å². The first-order chi connectivity index (χ1) is 23.8. The molecule has 1 aliphatic heterocycles. The summed E-state index contributed by atoms with van der Waals surface area (Å²) in [4.78, 5) is 29.2. The molecule has 50 heavy (non-hydrogen) atoms. The van der Waals surface area contributed by atoms with Crippen LogP contribution in [-0.2, 0) is 23.1 Å². The number of aromatic nitrogens is 2. The summed E-state index contributed by atoms with van der Waals surface area (Å²) in [5, 5.41) is 10.2. The second kappa shape index (κ2) is 17.2. The average Bonchev–Trinajstić information content (AvgIpc) is 3.59. The lowest BCUT2D eigenvalue weighted by Crippen LogP contribution is -2.40. The van der Waals surface area contributed by atoms with Gasteiger partial charge in [-0.3, -0.25) is 14.8 Å². The number of hydrogen-bond acceptors (Lipinski definition) is 7. The highest BCUT2D eigenvalue weighted by Gasteiger charge is 2.33. The molecule has 2 atom stereocenters. The summed E-state index contributed by atoms with van der Waals surface area (Å²) in [6.45, 7) is 8.29. The Morgan fingerprint density at radius 3 is 2.62 bits per heavy atom. The minimum Gasteiger partial charge on any atom is -0.481 e. The Labute approximate surface area is 307 Å². The number of carboxylic acids is 1. The number of aliphatic imine (C=N–C) groups is 2. The van der Waals surface area contributed by atoms with Gasteiger partial charge in [0.25, 0.3) is 0 Å². The first-order valence-corrected chi connectivity index (χ1v) is 19.5. The molecule has 0 saturated carbocycles. The van der Waals surface area contributed by atoms with Crippen LogP contribution >= 0.6 is 36.2 Å². The standard InChI is InChI=1S/C37H43F2N5O2S2.CH4S/c1-22(34(45)46)18-23-8-6-9-24(19-23)37(4)14-7-13-36(2,3)21-47-17-12-27-26-11-16-43-31(26)29(38)30(39)32(27)48-25-10-15-42-28(20-25)33(41-5)44-35(37)40;1-2/h6,8-11,15-16,19-20,22,43H,7,12-14,17-18,21H2,1-5H3,(H,45,46)(H2,40,41,44);2H,1H3/t22?,37-;/m1./s1. The van der Waals surface area contributed by atoms with Crippen LogP contribution in [0.4, 0.5) is 8.78 Å². The number of H-pyrrole nitrogens is 1. The van der Waals surface area contributed by atoms with Gasteiger partial charge in [-0.1, -0.05) is 63.2 Å². The minimum absolute atomic E-state index is 0.00805. The van der Waals surface area contributed by atoms with Crippen LogP contribution in [0.2, 0.25) is 0 Å². The summed E-state index contributed by atoms with van der Waals surface area (Å²) in [5.41, 5.74) is 9.55. The van der Waals surface area contributed by atoms with E-state index in [2.05, 4.69) is 48.4 Å². The highest BCUT2D eigenvalue weighted by molar-refractivity contribution is 7.99. The van der Waals surface area contributed by atoms with Crippen LogP contribution in [0.1, 0.15) is 69.3 Å². The number of benzene rings is 2. The average molecular weight is 740 g/mol. The minimum atomic E-state index is -0.889. The molecule has 3 heterocycles. The predicted molar refractivity (Wildman–Crippen MR) is 209 cm³/mol. The number of nitrogens with zero attached hydrogens (tertiary/aromatic N) is 3. The Hall–Kier alpha value is -3.35. The van der Waals surface area contributed by atoms with Crippen LogP contribution in [0.25, 0.3) is 10.9 Å². The topological polar surface area (TPSA) is 117 Å². The fourth-order valence-corrected chi connectivity index (χ4v) is 8.45. The van der Waals surface area contributed by atoms with E-state index < -0.39 is 28.9 Å². The van der Waals surface area contributed by atoms with E-state index in [-0.39, 0.29) is 15.8 Å². The van der Waals surface area contributed by atoms with Crippen molar-refractivity contribution >= 4 is 64.7 Å². The summed E-state index contributed by atoms with van der Waals surface area (Å²) in [5.74, 6) is -0.770. The summed E-state index contributed by atoms with van der Waals surface area (Å²) in [7, 11) is 1.62. The van der Waals surface area contributed by atoms with Crippen LogP contribution in [0.5, 0.6) is 0 Å². The molecular weight excluding hydrogens is 693 g/mol. The van der Waals surface area contributed by atoms with Crippen molar-refractivity contribution in [2.24, 2.45) is 27.1 Å². The number of aliphatic carboxylic acids is 1. The van der Waals surface area contributed by atoms with Crippen molar-refractivity contribution in [1.82, 2.24) is 9.97 Å². The second-order valence-electron chi connectivity index (χ2n) is 13.5. The molecule has 1 unspecified atom stereocenters. The summed E-state index contributed by atoms with van der Waals surface area (Å²) in [6, 6.07) is 13.3. The molecule has 268 valence electrons. The van der Waals surface area contributed by atoms with Gasteiger partial charge in [-0.25, -0.2) is 13.8 Å². The number of nitrogens with one attached hydrogen (secondary N) is 1. The van der Waals surface area contributed by atoms with E-state index in [9.17, 15) is 9.90 Å². The Bertz CT molecular complexity index is 1880. The first kappa shape index (κ1) is 39.4. The maximum atomic E-state index is 15.7. The molecule has 0 fully saturated rings. The van der Waals surface area contributed by atoms with Gasteiger partial charge < -0.3 is 15.8 Å². The summed E-state index contributed by atoms with van der Waals surface area (Å²) in [6.07, 6.45) is 8.47. The highest BCUT2D eigenvalue weighted by Crippen LogP contribution is 2.40. The van der Waals surface area contributed by atoms with Crippen LogP contribution < -0.4 is 5.73 Å². The molecular formula is C38H47F2N5O2S3. The fourth-order valence-electron chi connectivity index (χ4n) is 6.21. The highest BCUT2D eigenvalue weighted by atomic mass is 32.2. The van der Waals surface area contributed by atoms with Gasteiger partial charge in [-0.05, 0) is 90.7 Å². The molecule has 4 aromatic rings. The SMILES string of the molecule is CN=C1N=C(N)[C@@](C)(c2cccc(CC(C)C(=O)O)c2)CCCC(C)(C)CSCCc2c(c(F)c(F)c3[nH]ccc23)Sc2ccnc1c2.CS. The molecule has 0 saturated heterocycles. The normalized spacial score (nSPS) is 20.1. The Morgan fingerprint density at radius 2 is 1.90 bits per heavy atom. The molecule has 2 aromatic heterocycles. The Morgan fingerprint density at radius 1 is 1.14 bits per heavy atom. The van der Waals surface area contributed by atoms with Crippen molar-refractivity contribution in [2.75, 3.05) is 24.8 Å². The monoisotopic (exact) mass is 739 g/mol. The zero-order chi connectivity index (χ0) is 36.6. The van der Waals surface area contributed by atoms with Gasteiger partial charge in [-0.2, -0.15) is 24.4 Å². The molecule has 0 aliphatic carbocycles. The number of aromatic amines is 1. The van der Waals surface area contributed by atoms with E-state index in [1.807, 2.05) is 42.1 Å². The number of carbonyl (C=O) groups is 1. The molecule has 1 aliphatic rings. The zero-order valence-corrected chi connectivity index (χ0v) is 32.0. The molecule has 0 spiro atoms. The third-order valence-corrected chi connectivity index (χ3v) is 11.8.